The summed E-state index contributed by atoms with van der Waals surface area (Å²) in [5.74, 6) is 0.771. The third-order valence-electron chi connectivity index (χ3n) is 4.95. The molecule has 0 saturated heterocycles. The van der Waals surface area contributed by atoms with Gasteiger partial charge in [0.15, 0.2) is 0 Å². The van der Waals surface area contributed by atoms with Crippen molar-refractivity contribution in [3.05, 3.63) is 47.7 Å². The molecule has 0 radical (unpaired) electrons. The van der Waals surface area contributed by atoms with E-state index < -0.39 is 0 Å². The summed E-state index contributed by atoms with van der Waals surface area (Å²) in [5.41, 5.74) is 4.27. The molecule has 1 aromatic carbocycles. The summed E-state index contributed by atoms with van der Waals surface area (Å²) in [6.45, 7) is 4.23. The molecule has 0 aliphatic heterocycles. The van der Waals surface area contributed by atoms with E-state index in [0.717, 1.165) is 30.8 Å². The van der Waals surface area contributed by atoms with E-state index in [1.807, 2.05) is 12.1 Å². The molecule has 1 aromatic heterocycles. The number of pyridine rings is 1. The molecule has 2 amide bonds. The highest BCUT2D eigenvalue weighted by Gasteiger charge is 2.15. The molecule has 3 rings (SSSR count). The first-order valence-corrected chi connectivity index (χ1v) is 9.55. The summed E-state index contributed by atoms with van der Waals surface area (Å²) in [5, 5.41) is 9.32. The maximum atomic E-state index is 12.1. The summed E-state index contributed by atoms with van der Waals surface area (Å²) < 4.78 is 0. The van der Waals surface area contributed by atoms with E-state index in [2.05, 4.69) is 53.0 Å². The molecule has 1 saturated carbocycles. The van der Waals surface area contributed by atoms with Crippen LogP contribution in [0.2, 0.25) is 0 Å². The van der Waals surface area contributed by atoms with Gasteiger partial charge in [-0.3, -0.25) is 0 Å². The molecule has 2 aromatic rings. The standard InChI is InChI=1S/C21H28N4O/c1-3-16-9-7-8-15(2)20(16)25-19-13-12-18(14-22-19)24-21(26)23-17-10-5-4-6-11-17/h7-9,12-14,17H,3-6,10-11H2,1-2H3,(H,22,25)(H2,23,24,26). The van der Waals surface area contributed by atoms with Crippen LogP contribution < -0.4 is 16.0 Å². The molecule has 5 heteroatoms. The Morgan fingerprint density at radius 1 is 1.15 bits per heavy atom. The quantitative estimate of drug-likeness (QED) is 0.697. The van der Waals surface area contributed by atoms with Crippen LogP contribution in [0.4, 0.5) is 22.0 Å². The number of aromatic nitrogens is 1. The SMILES string of the molecule is CCc1cccc(C)c1Nc1ccc(NC(=O)NC2CCCCC2)cn1. The highest BCUT2D eigenvalue weighted by molar-refractivity contribution is 5.89. The van der Waals surface area contributed by atoms with Crippen molar-refractivity contribution in [2.45, 2.75) is 58.4 Å². The van der Waals surface area contributed by atoms with Gasteiger partial charge in [-0.25, -0.2) is 9.78 Å². The number of carbonyl (C=O) groups is 1. The fourth-order valence-corrected chi connectivity index (χ4v) is 3.47. The Morgan fingerprint density at radius 3 is 2.65 bits per heavy atom. The number of amides is 2. The number of carbonyl (C=O) groups excluding carboxylic acids is 1. The van der Waals surface area contributed by atoms with E-state index in [4.69, 9.17) is 0 Å². The Labute approximate surface area is 155 Å². The number of anilines is 3. The monoisotopic (exact) mass is 352 g/mol. The zero-order chi connectivity index (χ0) is 18.4. The second kappa shape index (κ2) is 8.70. The van der Waals surface area contributed by atoms with Crippen molar-refractivity contribution in [3.8, 4) is 0 Å². The lowest BCUT2D eigenvalue weighted by Crippen LogP contribution is -2.39. The van der Waals surface area contributed by atoms with E-state index in [9.17, 15) is 4.79 Å². The van der Waals surface area contributed by atoms with Crippen LogP contribution in [-0.2, 0) is 6.42 Å². The number of rotatable bonds is 5. The molecular weight excluding hydrogens is 324 g/mol. The summed E-state index contributed by atoms with van der Waals surface area (Å²) in [6.07, 6.45) is 8.48. The molecule has 5 nitrogen and oxygen atoms in total. The fraction of sp³-hybridized carbons (Fsp3) is 0.429. The van der Waals surface area contributed by atoms with Crippen LogP contribution in [0, 0.1) is 6.92 Å². The second-order valence-electron chi connectivity index (χ2n) is 6.95. The van der Waals surface area contributed by atoms with Crippen LogP contribution in [0.3, 0.4) is 0 Å². The van der Waals surface area contributed by atoms with Crippen molar-refractivity contribution in [1.29, 1.82) is 0 Å². The third-order valence-corrected chi connectivity index (χ3v) is 4.95. The second-order valence-corrected chi connectivity index (χ2v) is 6.95. The lowest BCUT2D eigenvalue weighted by atomic mass is 9.96. The van der Waals surface area contributed by atoms with E-state index in [1.165, 1.54) is 30.4 Å². The molecule has 1 heterocycles. The molecule has 1 aliphatic carbocycles. The summed E-state index contributed by atoms with van der Waals surface area (Å²) in [7, 11) is 0. The summed E-state index contributed by atoms with van der Waals surface area (Å²) in [6, 6.07) is 10.2. The summed E-state index contributed by atoms with van der Waals surface area (Å²) in [4.78, 5) is 16.6. The van der Waals surface area contributed by atoms with Gasteiger partial charge in [0, 0.05) is 11.7 Å². The number of urea groups is 1. The van der Waals surface area contributed by atoms with Gasteiger partial charge in [-0.1, -0.05) is 44.4 Å². The average molecular weight is 352 g/mol. The highest BCUT2D eigenvalue weighted by Crippen LogP contribution is 2.25. The van der Waals surface area contributed by atoms with E-state index in [0.29, 0.717) is 11.7 Å². The molecule has 1 fully saturated rings. The Kier molecular flexibility index (Phi) is 6.10. The van der Waals surface area contributed by atoms with Crippen molar-refractivity contribution in [1.82, 2.24) is 10.3 Å². The minimum atomic E-state index is -0.147. The topological polar surface area (TPSA) is 66.0 Å². The van der Waals surface area contributed by atoms with Gasteiger partial charge in [-0.2, -0.15) is 0 Å². The number of aryl methyl sites for hydroxylation is 2. The normalized spacial score (nSPS) is 14.7. The van der Waals surface area contributed by atoms with Crippen LogP contribution in [0.1, 0.15) is 50.2 Å². The first-order chi connectivity index (χ1) is 12.7. The van der Waals surface area contributed by atoms with Crippen molar-refractivity contribution in [2.75, 3.05) is 10.6 Å². The van der Waals surface area contributed by atoms with Crippen LogP contribution in [-0.4, -0.2) is 17.1 Å². The van der Waals surface area contributed by atoms with Gasteiger partial charge < -0.3 is 16.0 Å². The van der Waals surface area contributed by atoms with Crippen molar-refractivity contribution >= 4 is 23.2 Å². The zero-order valence-corrected chi connectivity index (χ0v) is 15.6. The van der Waals surface area contributed by atoms with Crippen LogP contribution >= 0.6 is 0 Å². The fourth-order valence-electron chi connectivity index (χ4n) is 3.47. The predicted octanol–water partition coefficient (Wildman–Crippen LogP) is 5.15. The average Bonchev–Trinajstić information content (AvgIpc) is 2.65. The first-order valence-electron chi connectivity index (χ1n) is 9.55. The van der Waals surface area contributed by atoms with Gasteiger partial charge in [-0.15, -0.1) is 0 Å². The number of hydrogen-bond acceptors (Lipinski definition) is 3. The van der Waals surface area contributed by atoms with Crippen LogP contribution in [0.25, 0.3) is 0 Å². The van der Waals surface area contributed by atoms with Gasteiger partial charge in [0.1, 0.15) is 5.82 Å². The molecule has 3 N–H and O–H groups in total. The van der Waals surface area contributed by atoms with Crippen molar-refractivity contribution < 1.29 is 4.79 Å². The Bertz CT molecular complexity index is 736. The van der Waals surface area contributed by atoms with Gasteiger partial charge in [-0.05, 0) is 49.4 Å². The van der Waals surface area contributed by atoms with E-state index in [-0.39, 0.29) is 6.03 Å². The van der Waals surface area contributed by atoms with Crippen molar-refractivity contribution in [3.63, 3.8) is 0 Å². The van der Waals surface area contributed by atoms with E-state index >= 15 is 0 Å². The van der Waals surface area contributed by atoms with Crippen LogP contribution in [0.15, 0.2) is 36.5 Å². The maximum absolute atomic E-state index is 12.1. The molecule has 0 bridgehead atoms. The molecule has 0 atom stereocenters. The zero-order valence-electron chi connectivity index (χ0n) is 15.6. The molecular formula is C21H28N4O. The third kappa shape index (κ3) is 4.75. The Morgan fingerprint density at radius 2 is 1.96 bits per heavy atom. The molecule has 0 spiro atoms. The first kappa shape index (κ1) is 18.2. The minimum absolute atomic E-state index is 0.147. The number of para-hydroxylation sites is 1. The van der Waals surface area contributed by atoms with E-state index in [1.54, 1.807) is 6.20 Å². The van der Waals surface area contributed by atoms with Gasteiger partial charge in [0.2, 0.25) is 0 Å². The lowest BCUT2D eigenvalue weighted by Gasteiger charge is -2.22. The number of nitrogens with one attached hydrogen (secondary N) is 3. The summed E-state index contributed by atoms with van der Waals surface area (Å²) >= 11 is 0. The lowest BCUT2D eigenvalue weighted by molar-refractivity contribution is 0.244. The molecule has 138 valence electrons. The number of hydrogen-bond donors (Lipinski definition) is 3. The highest BCUT2D eigenvalue weighted by atomic mass is 16.2. The molecule has 26 heavy (non-hydrogen) atoms. The van der Waals surface area contributed by atoms with Gasteiger partial charge >= 0.3 is 6.03 Å². The van der Waals surface area contributed by atoms with Crippen molar-refractivity contribution in [2.24, 2.45) is 0 Å². The van der Waals surface area contributed by atoms with Crippen LogP contribution in [0.5, 0.6) is 0 Å². The number of nitrogens with zero attached hydrogens (tertiary/aromatic N) is 1. The largest absolute Gasteiger partial charge is 0.340 e. The minimum Gasteiger partial charge on any atom is -0.340 e. The smallest absolute Gasteiger partial charge is 0.319 e. The molecule has 0 unspecified atom stereocenters. The Balaban J connectivity index is 1.59. The van der Waals surface area contributed by atoms with Gasteiger partial charge in [0.25, 0.3) is 0 Å². The number of benzene rings is 1. The molecule has 1 aliphatic rings. The Hall–Kier alpha value is -2.56. The maximum Gasteiger partial charge on any atom is 0.319 e. The predicted molar refractivity (Wildman–Crippen MR) is 107 cm³/mol. The van der Waals surface area contributed by atoms with Gasteiger partial charge in [0.05, 0.1) is 11.9 Å².